The minimum absolute atomic E-state index is 0.287. The number of carbonyl (C=O) groups excluding carboxylic acids is 1. The molecule has 1 aromatic rings. The Morgan fingerprint density at radius 1 is 1.62 bits per heavy atom. The molecular formula is C9H13N3O3S. The molecule has 2 amide bonds. The van der Waals surface area contributed by atoms with Crippen LogP contribution in [0.25, 0.3) is 0 Å². The van der Waals surface area contributed by atoms with Crippen LogP contribution in [0.5, 0.6) is 0 Å². The van der Waals surface area contributed by atoms with Crippen LogP contribution in [0.4, 0.5) is 4.79 Å². The van der Waals surface area contributed by atoms with E-state index in [1.54, 1.807) is 18.6 Å². The van der Waals surface area contributed by atoms with Crippen LogP contribution < -0.4 is 5.32 Å². The number of amides is 2. The Balaban J connectivity index is 2.40. The van der Waals surface area contributed by atoms with Gasteiger partial charge in [0.1, 0.15) is 6.54 Å². The number of aromatic nitrogens is 1. The van der Waals surface area contributed by atoms with Crippen LogP contribution in [0.15, 0.2) is 11.7 Å². The molecule has 0 unspecified atom stereocenters. The lowest BCUT2D eigenvalue weighted by atomic mass is 10.5. The van der Waals surface area contributed by atoms with E-state index in [0.29, 0.717) is 13.1 Å². The first-order chi connectivity index (χ1) is 7.63. The van der Waals surface area contributed by atoms with E-state index >= 15 is 0 Å². The van der Waals surface area contributed by atoms with Crippen molar-refractivity contribution >= 4 is 23.3 Å². The number of nitrogens with one attached hydrogen (secondary N) is 1. The van der Waals surface area contributed by atoms with E-state index in [-0.39, 0.29) is 12.6 Å². The van der Waals surface area contributed by atoms with Crippen molar-refractivity contribution in [2.24, 2.45) is 0 Å². The number of thiazole rings is 1. The molecule has 0 aromatic carbocycles. The third-order valence-corrected chi connectivity index (χ3v) is 2.67. The summed E-state index contributed by atoms with van der Waals surface area (Å²) in [6, 6.07) is -0.377. The molecule has 0 spiro atoms. The van der Waals surface area contributed by atoms with Crippen molar-refractivity contribution in [2.75, 3.05) is 13.1 Å². The molecule has 0 bridgehead atoms. The van der Waals surface area contributed by atoms with Crippen molar-refractivity contribution in [3.63, 3.8) is 0 Å². The van der Waals surface area contributed by atoms with Gasteiger partial charge in [-0.2, -0.15) is 0 Å². The standard InChI is InChI=1S/C9H13N3O3S/c1-2-12(5-8(13)14)9(15)11-4-7-3-10-6-16-7/h3,6H,2,4-5H2,1H3,(H,11,15)(H,13,14). The highest BCUT2D eigenvalue weighted by Crippen LogP contribution is 2.04. The van der Waals surface area contributed by atoms with Gasteiger partial charge in [-0.15, -0.1) is 11.3 Å². The van der Waals surface area contributed by atoms with Gasteiger partial charge in [0.05, 0.1) is 12.1 Å². The van der Waals surface area contributed by atoms with E-state index in [1.807, 2.05) is 0 Å². The highest BCUT2D eigenvalue weighted by Gasteiger charge is 2.14. The summed E-state index contributed by atoms with van der Waals surface area (Å²) >= 11 is 1.44. The average molecular weight is 243 g/mol. The molecule has 0 aliphatic rings. The topological polar surface area (TPSA) is 82.5 Å². The number of likely N-dealkylation sites (N-methyl/N-ethyl adjacent to an activating group) is 1. The molecule has 0 fully saturated rings. The minimum Gasteiger partial charge on any atom is -0.480 e. The molecule has 2 N–H and O–H groups in total. The van der Waals surface area contributed by atoms with Gasteiger partial charge in [0.15, 0.2) is 0 Å². The van der Waals surface area contributed by atoms with Crippen molar-refractivity contribution < 1.29 is 14.7 Å². The summed E-state index contributed by atoms with van der Waals surface area (Å²) in [6.45, 7) is 2.18. The van der Waals surface area contributed by atoms with Crippen molar-refractivity contribution in [2.45, 2.75) is 13.5 Å². The zero-order valence-electron chi connectivity index (χ0n) is 8.84. The molecule has 88 valence electrons. The Bertz CT molecular complexity index is 353. The average Bonchev–Trinajstić information content (AvgIpc) is 2.75. The number of nitrogens with zero attached hydrogens (tertiary/aromatic N) is 2. The Labute approximate surface area is 96.9 Å². The van der Waals surface area contributed by atoms with Crippen molar-refractivity contribution in [1.82, 2.24) is 15.2 Å². The summed E-state index contributed by atoms with van der Waals surface area (Å²) in [5.41, 5.74) is 1.68. The van der Waals surface area contributed by atoms with Gasteiger partial charge in [0, 0.05) is 17.6 Å². The van der Waals surface area contributed by atoms with E-state index in [9.17, 15) is 9.59 Å². The zero-order valence-corrected chi connectivity index (χ0v) is 9.66. The predicted octanol–water partition coefficient (Wildman–Crippen LogP) is 0.759. The molecule has 1 rings (SSSR count). The van der Waals surface area contributed by atoms with E-state index in [2.05, 4.69) is 10.3 Å². The smallest absolute Gasteiger partial charge is 0.323 e. The predicted molar refractivity (Wildman–Crippen MR) is 59.2 cm³/mol. The van der Waals surface area contributed by atoms with Gasteiger partial charge in [-0.3, -0.25) is 9.78 Å². The highest BCUT2D eigenvalue weighted by atomic mass is 32.1. The Morgan fingerprint density at radius 3 is 2.88 bits per heavy atom. The Hall–Kier alpha value is -1.63. The van der Waals surface area contributed by atoms with E-state index in [4.69, 9.17) is 5.11 Å². The van der Waals surface area contributed by atoms with Crippen LogP contribution in [-0.2, 0) is 11.3 Å². The molecular weight excluding hydrogens is 230 g/mol. The van der Waals surface area contributed by atoms with Crippen LogP contribution in [0.2, 0.25) is 0 Å². The second-order valence-electron chi connectivity index (χ2n) is 3.03. The first-order valence-corrected chi connectivity index (χ1v) is 5.63. The number of carboxylic acid groups (broad SMARTS) is 1. The van der Waals surface area contributed by atoms with E-state index < -0.39 is 5.97 Å². The van der Waals surface area contributed by atoms with Crippen molar-refractivity contribution in [3.05, 3.63) is 16.6 Å². The van der Waals surface area contributed by atoms with Crippen LogP contribution in [0.3, 0.4) is 0 Å². The van der Waals surface area contributed by atoms with Crippen molar-refractivity contribution in [1.29, 1.82) is 0 Å². The second-order valence-corrected chi connectivity index (χ2v) is 4.01. The van der Waals surface area contributed by atoms with Gasteiger partial charge < -0.3 is 15.3 Å². The molecule has 1 heterocycles. The molecule has 0 aliphatic carbocycles. The van der Waals surface area contributed by atoms with Crippen LogP contribution >= 0.6 is 11.3 Å². The first kappa shape index (κ1) is 12.4. The van der Waals surface area contributed by atoms with Gasteiger partial charge in [-0.25, -0.2) is 4.79 Å². The maximum Gasteiger partial charge on any atom is 0.323 e. The number of carboxylic acids is 1. The molecule has 0 atom stereocenters. The van der Waals surface area contributed by atoms with Crippen LogP contribution in [0, 0.1) is 0 Å². The van der Waals surface area contributed by atoms with Crippen molar-refractivity contribution in [3.8, 4) is 0 Å². The van der Waals surface area contributed by atoms with Gasteiger partial charge in [-0.1, -0.05) is 0 Å². The third kappa shape index (κ3) is 3.85. The summed E-state index contributed by atoms with van der Waals surface area (Å²) < 4.78 is 0. The number of hydrogen-bond donors (Lipinski definition) is 2. The Morgan fingerprint density at radius 2 is 2.38 bits per heavy atom. The summed E-state index contributed by atoms with van der Waals surface area (Å²) in [7, 11) is 0. The zero-order chi connectivity index (χ0) is 12.0. The fraction of sp³-hybridized carbons (Fsp3) is 0.444. The molecule has 1 aromatic heterocycles. The molecule has 0 saturated carbocycles. The maximum absolute atomic E-state index is 11.5. The van der Waals surface area contributed by atoms with Crippen LogP contribution in [-0.4, -0.2) is 40.1 Å². The second kappa shape index (κ2) is 6.06. The molecule has 16 heavy (non-hydrogen) atoms. The fourth-order valence-electron chi connectivity index (χ4n) is 1.09. The highest BCUT2D eigenvalue weighted by molar-refractivity contribution is 7.09. The lowest BCUT2D eigenvalue weighted by Crippen LogP contribution is -2.42. The van der Waals surface area contributed by atoms with Crippen LogP contribution in [0.1, 0.15) is 11.8 Å². The molecule has 0 radical (unpaired) electrons. The molecule has 7 heteroatoms. The quantitative estimate of drug-likeness (QED) is 0.799. The summed E-state index contributed by atoms with van der Waals surface area (Å²) in [6.07, 6.45) is 1.67. The Kier molecular flexibility index (Phi) is 4.71. The number of aliphatic carboxylic acids is 1. The number of carbonyl (C=O) groups is 2. The largest absolute Gasteiger partial charge is 0.480 e. The van der Waals surface area contributed by atoms with E-state index in [0.717, 1.165) is 4.88 Å². The normalized spacial score (nSPS) is 9.81. The van der Waals surface area contributed by atoms with E-state index in [1.165, 1.54) is 16.2 Å². The lowest BCUT2D eigenvalue weighted by Gasteiger charge is -2.18. The summed E-state index contributed by atoms with van der Waals surface area (Å²) in [5.74, 6) is -1.02. The molecule has 6 nitrogen and oxygen atoms in total. The van der Waals surface area contributed by atoms with Gasteiger partial charge in [0.25, 0.3) is 0 Å². The molecule has 0 aliphatic heterocycles. The fourth-order valence-corrected chi connectivity index (χ4v) is 1.63. The SMILES string of the molecule is CCN(CC(=O)O)C(=O)NCc1cncs1. The maximum atomic E-state index is 11.5. The van der Waals surface area contributed by atoms with Gasteiger partial charge in [-0.05, 0) is 6.92 Å². The summed E-state index contributed by atoms with van der Waals surface area (Å²) in [5, 5.41) is 11.2. The number of rotatable bonds is 5. The first-order valence-electron chi connectivity index (χ1n) is 4.75. The van der Waals surface area contributed by atoms with Gasteiger partial charge in [0.2, 0.25) is 0 Å². The number of urea groups is 1. The lowest BCUT2D eigenvalue weighted by molar-refractivity contribution is -0.137. The third-order valence-electron chi connectivity index (χ3n) is 1.89. The minimum atomic E-state index is -1.02. The monoisotopic (exact) mass is 243 g/mol. The summed E-state index contributed by atoms with van der Waals surface area (Å²) in [4.78, 5) is 28.0. The number of hydrogen-bond acceptors (Lipinski definition) is 4. The molecule has 0 saturated heterocycles. The van der Waals surface area contributed by atoms with Gasteiger partial charge >= 0.3 is 12.0 Å².